The molecule has 21 heavy (non-hydrogen) atoms. The Morgan fingerprint density at radius 3 is 2.95 bits per heavy atom. The molecule has 116 valence electrons. The predicted molar refractivity (Wildman–Crippen MR) is 81.9 cm³/mol. The van der Waals surface area contributed by atoms with E-state index < -0.39 is 5.97 Å². The zero-order chi connectivity index (χ0) is 15.2. The topological polar surface area (TPSA) is 64.6 Å². The van der Waals surface area contributed by atoms with E-state index in [-0.39, 0.29) is 12.0 Å². The summed E-state index contributed by atoms with van der Waals surface area (Å²) in [7, 11) is 1.34. The van der Waals surface area contributed by atoms with E-state index in [0.717, 1.165) is 31.4 Å². The monoisotopic (exact) mass is 311 g/mol. The minimum absolute atomic E-state index is 0.0872. The molecular formula is C15H21NO4S. The average Bonchev–Trinajstić information content (AvgIpc) is 2.86. The molecule has 1 atom stereocenters. The number of esters is 1. The highest BCUT2D eigenvalue weighted by molar-refractivity contribution is 7.12. The summed E-state index contributed by atoms with van der Waals surface area (Å²) in [6.45, 7) is 2.66. The molecule has 1 aromatic rings. The number of nitrogens with one attached hydrogen (secondary N) is 1. The van der Waals surface area contributed by atoms with Gasteiger partial charge in [-0.15, -0.1) is 11.3 Å². The number of hydrogen-bond donors (Lipinski definition) is 1. The average molecular weight is 311 g/mol. The van der Waals surface area contributed by atoms with Crippen LogP contribution in [0.4, 0.5) is 5.69 Å². The molecule has 2 heterocycles. The van der Waals surface area contributed by atoms with Gasteiger partial charge in [0, 0.05) is 13.0 Å². The Morgan fingerprint density at radius 2 is 2.29 bits per heavy atom. The molecule has 0 bridgehead atoms. The molecule has 5 nitrogen and oxygen atoms in total. The number of aryl methyl sites for hydroxylation is 1. The van der Waals surface area contributed by atoms with Crippen molar-refractivity contribution in [2.45, 2.75) is 45.1 Å². The minimum atomic E-state index is -0.418. The summed E-state index contributed by atoms with van der Waals surface area (Å²) in [5.41, 5.74) is 1.45. The molecule has 1 saturated heterocycles. The summed E-state index contributed by atoms with van der Waals surface area (Å²) in [6, 6.07) is 0. The maximum atomic E-state index is 12.1. The first kappa shape index (κ1) is 16.0. The Kier molecular flexibility index (Phi) is 5.76. The first-order valence-electron chi connectivity index (χ1n) is 7.19. The van der Waals surface area contributed by atoms with E-state index in [0.29, 0.717) is 17.0 Å². The van der Waals surface area contributed by atoms with Crippen LogP contribution in [0.25, 0.3) is 0 Å². The van der Waals surface area contributed by atoms with Gasteiger partial charge in [-0.3, -0.25) is 4.79 Å². The smallest absolute Gasteiger partial charge is 0.350 e. The maximum Gasteiger partial charge on any atom is 0.350 e. The molecule has 0 aliphatic carbocycles. The van der Waals surface area contributed by atoms with Gasteiger partial charge in [0.05, 0.1) is 18.9 Å². The fraction of sp³-hybridized carbons (Fsp3) is 0.600. The fourth-order valence-corrected chi connectivity index (χ4v) is 3.29. The second-order valence-corrected chi connectivity index (χ2v) is 6.07. The number of carbonyl (C=O) groups is 2. The Balaban J connectivity index is 1.90. The quantitative estimate of drug-likeness (QED) is 0.849. The van der Waals surface area contributed by atoms with Crippen molar-refractivity contribution in [3.63, 3.8) is 0 Å². The van der Waals surface area contributed by atoms with E-state index in [1.165, 1.54) is 24.9 Å². The van der Waals surface area contributed by atoms with Gasteiger partial charge in [-0.1, -0.05) is 0 Å². The van der Waals surface area contributed by atoms with Gasteiger partial charge in [0.1, 0.15) is 4.88 Å². The van der Waals surface area contributed by atoms with E-state index in [1.807, 2.05) is 12.3 Å². The van der Waals surface area contributed by atoms with Crippen LogP contribution in [-0.4, -0.2) is 31.7 Å². The van der Waals surface area contributed by atoms with Crippen LogP contribution >= 0.6 is 11.3 Å². The highest BCUT2D eigenvalue weighted by atomic mass is 32.1. The third kappa shape index (κ3) is 4.28. The number of amides is 1. The number of carbonyl (C=O) groups excluding carboxylic acids is 2. The van der Waals surface area contributed by atoms with Gasteiger partial charge in [-0.2, -0.15) is 0 Å². The second-order valence-electron chi connectivity index (χ2n) is 5.19. The number of anilines is 1. The van der Waals surface area contributed by atoms with Crippen molar-refractivity contribution in [3.05, 3.63) is 15.8 Å². The SMILES string of the molecule is COC(=O)c1scc(C)c1NC(=O)CCC1CCCCO1. The third-order valence-electron chi connectivity index (χ3n) is 3.58. The number of rotatable bonds is 5. The number of methoxy groups -OCH3 is 1. The second kappa shape index (κ2) is 7.56. The van der Waals surface area contributed by atoms with Crippen LogP contribution in [-0.2, 0) is 14.3 Å². The normalized spacial score (nSPS) is 18.3. The molecule has 1 aliphatic heterocycles. The lowest BCUT2D eigenvalue weighted by Crippen LogP contribution is -2.22. The van der Waals surface area contributed by atoms with Crippen LogP contribution < -0.4 is 5.32 Å². The van der Waals surface area contributed by atoms with E-state index in [4.69, 9.17) is 9.47 Å². The third-order valence-corrected chi connectivity index (χ3v) is 4.66. The zero-order valence-electron chi connectivity index (χ0n) is 12.4. The van der Waals surface area contributed by atoms with Crippen LogP contribution in [0.5, 0.6) is 0 Å². The molecule has 0 saturated carbocycles. The number of thiophene rings is 1. The van der Waals surface area contributed by atoms with E-state index in [9.17, 15) is 9.59 Å². The van der Waals surface area contributed by atoms with Crippen molar-refractivity contribution in [1.82, 2.24) is 0 Å². The Hall–Kier alpha value is -1.40. The molecule has 0 radical (unpaired) electrons. The number of hydrogen-bond acceptors (Lipinski definition) is 5. The zero-order valence-corrected chi connectivity index (χ0v) is 13.3. The lowest BCUT2D eigenvalue weighted by Gasteiger charge is -2.22. The standard InChI is InChI=1S/C15H21NO4S/c1-10-9-21-14(15(18)19-2)13(10)16-12(17)7-6-11-5-3-4-8-20-11/h9,11H,3-8H2,1-2H3,(H,16,17). The van der Waals surface area contributed by atoms with Crippen LogP contribution in [0.2, 0.25) is 0 Å². The first-order chi connectivity index (χ1) is 10.1. The van der Waals surface area contributed by atoms with Crippen molar-refractivity contribution >= 4 is 28.9 Å². The molecule has 1 unspecified atom stereocenters. The Labute approximate surface area is 128 Å². The Morgan fingerprint density at radius 1 is 1.48 bits per heavy atom. The van der Waals surface area contributed by atoms with Gasteiger partial charge in [-0.05, 0) is 43.6 Å². The fourth-order valence-electron chi connectivity index (χ4n) is 2.37. The van der Waals surface area contributed by atoms with Gasteiger partial charge in [0.25, 0.3) is 0 Å². The molecule has 6 heteroatoms. The molecule has 2 rings (SSSR count). The largest absolute Gasteiger partial charge is 0.465 e. The van der Waals surface area contributed by atoms with Gasteiger partial charge < -0.3 is 14.8 Å². The molecule has 0 spiro atoms. The molecule has 1 fully saturated rings. The summed E-state index contributed by atoms with van der Waals surface area (Å²) < 4.78 is 10.3. The van der Waals surface area contributed by atoms with Crippen molar-refractivity contribution in [2.24, 2.45) is 0 Å². The predicted octanol–water partition coefficient (Wildman–Crippen LogP) is 3.13. The Bertz CT molecular complexity index is 506. The molecular weight excluding hydrogens is 290 g/mol. The van der Waals surface area contributed by atoms with Crippen LogP contribution in [0.3, 0.4) is 0 Å². The van der Waals surface area contributed by atoms with Gasteiger partial charge in [0.15, 0.2) is 0 Å². The van der Waals surface area contributed by atoms with Crippen molar-refractivity contribution in [2.75, 3.05) is 19.0 Å². The van der Waals surface area contributed by atoms with E-state index in [2.05, 4.69) is 5.32 Å². The molecule has 1 aromatic heterocycles. The van der Waals surface area contributed by atoms with Crippen molar-refractivity contribution in [1.29, 1.82) is 0 Å². The summed E-state index contributed by atoms with van der Waals surface area (Å²) in [4.78, 5) is 24.1. The number of ether oxygens (including phenoxy) is 2. The van der Waals surface area contributed by atoms with Crippen LogP contribution in [0.15, 0.2) is 5.38 Å². The summed E-state index contributed by atoms with van der Waals surface area (Å²) in [6.07, 6.45) is 4.62. The maximum absolute atomic E-state index is 12.1. The lowest BCUT2D eigenvalue weighted by atomic mass is 10.0. The molecule has 1 aliphatic rings. The van der Waals surface area contributed by atoms with Gasteiger partial charge in [0.2, 0.25) is 5.91 Å². The highest BCUT2D eigenvalue weighted by Gasteiger charge is 2.20. The highest BCUT2D eigenvalue weighted by Crippen LogP contribution is 2.28. The molecule has 1 amide bonds. The van der Waals surface area contributed by atoms with Crippen molar-refractivity contribution < 1.29 is 19.1 Å². The minimum Gasteiger partial charge on any atom is -0.465 e. The first-order valence-corrected chi connectivity index (χ1v) is 8.07. The summed E-state index contributed by atoms with van der Waals surface area (Å²) in [5.74, 6) is -0.505. The van der Waals surface area contributed by atoms with Crippen LogP contribution in [0.1, 0.15) is 47.3 Å². The van der Waals surface area contributed by atoms with Crippen LogP contribution in [0, 0.1) is 6.92 Å². The van der Waals surface area contributed by atoms with Crippen molar-refractivity contribution in [3.8, 4) is 0 Å². The lowest BCUT2D eigenvalue weighted by molar-refractivity contribution is -0.117. The molecule has 1 N–H and O–H groups in total. The molecule has 0 aromatic carbocycles. The summed E-state index contributed by atoms with van der Waals surface area (Å²) >= 11 is 1.28. The summed E-state index contributed by atoms with van der Waals surface area (Å²) in [5, 5.41) is 4.67. The van der Waals surface area contributed by atoms with Gasteiger partial charge >= 0.3 is 5.97 Å². The van der Waals surface area contributed by atoms with Gasteiger partial charge in [-0.25, -0.2) is 4.79 Å². The van der Waals surface area contributed by atoms with E-state index in [1.54, 1.807) is 0 Å². The van der Waals surface area contributed by atoms with E-state index >= 15 is 0 Å².